The number of aliphatic hydroxyl groups is 1. The summed E-state index contributed by atoms with van der Waals surface area (Å²) in [5.74, 6) is -0.0200. The van der Waals surface area contributed by atoms with Crippen molar-refractivity contribution in [1.29, 1.82) is 0 Å². The van der Waals surface area contributed by atoms with Gasteiger partial charge in [0, 0.05) is 39.0 Å². The van der Waals surface area contributed by atoms with Crippen LogP contribution in [-0.4, -0.2) is 54.6 Å². The van der Waals surface area contributed by atoms with Crippen LogP contribution in [0.25, 0.3) is 0 Å². The fourth-order valence-corrected chi connectivity index (χ4v) is 2.21. The number of anilines is 1. The first kappa shape index (κ1) is 15.2. The highest BCUT2D eigenvalue weighted by Gasteiger charge is 2.25. The maximum absolute atomic E-state index is 11.7. The first-order valence-electron chi connectivity index (χ1n) is 6.42. The Kier molecular flexibility index (Phi) is 4.39. The molecule has 21 heavy (non-hydrogen) atoms. The Morgan fingerprint density at radius 3 is 2.71 bits per heavy atom. The maximum atomic E-state index is 11.7. The van der Waals surface area contributed by atoms with Gasteiger partial charge in [-0.25, -0.2) is 0 Å². The van der Waals surface area contributed by atoms with Crippen LogP contribution in [0.5, 0.6) is 0 Å². The van der Waals surface area contributed by atoms with Gasteiger partial charge in [-0.1, -0.05) is 0 Å². The summed E-state index contributed by atoms with van der Waals surface area (Å²) >= 11 is 0. The van der Waals surface area contributed by atoms with Gasteiger partial charge in [-0.15, -0.1) is 0 Å². The molecule has 1 fully saturated rings. The number of hydrogen-bond acceptors (Lipinski definition) is 6. The van der Waals surface area contributed by atoms with Crippen LogP contribution in [0.1, 0.15) is 11.9 Å². The molecule has 8 nitrogen and oxygen atoms in total. The second-order valence-corrected chi connectivity index (χ2v) is 4.83. The van der Waals surface area contributed by atoms with E-state index in [0.717, 1.165) is 0 Å². The first-order valence-corrected chi connectivity index (χ1v) is 6.42. The van der Waals surface area contributed by atoms with Gasteiger partial charge >= 0.3 is 0 Å². The Morgan fingerprint density at radius 2 is 2.14 bits per heavy atom. The van der Waals surface area contributed by atoms with E-state index in [1.807, 2.05) is 4.90 Å². The topological polar surface area (TPSA) is 96.2 Å². The van der Waals surface area contributed by atoms with Gasteiger partial charge in [0.1, 0.15) is 0 Å². The van der Waals surface area contributed by atoms with E-state index in [4.69, 9.17) is 4.74 Å². The molecule has 0 aromatic heterocycles. The molecule has 1 aliphatic rings. The Hall–Kier alpha value is -2.19. The normalized spacial score (nSPS) is 17.0. The number of nitro groups is 1. The van der Waals surface area contributed by atoms with E-state index < -0.39 is 11.2 Å². The molecule has 0 radical (unpaired) electrons. The fraction of sp³-hybridized carbons (Fsp3) is 0.462. The molecule has 1 aromatic rings. The molecule has 1 amide bonds. The fourth-order valence-electron chi connectivity index (χ4n) is 2.21. The quantitative estimate of drug-likeness (QED) is 0.494. The van der Waals surface area contributed by atoms with Crippen LogP contribution < -0.4 is 4.90 Å². The summed E-state index contributed by atoms with van der Waals surface area (Å²) in [6.07, 6.45) is -1.38. The van der Waals surface area contributed by atoms with Crippen LogP contribution in [0.2, 0.25) is 0 Å². The molecule has 8 heteroatoms. The Labute approximate surface area is 121 Å². The highest BCUT2D eigenvalue weighted by atomic mass is 16.6. The molecule has 1 heterocycles. The lowest BCUT2D eigenvalue weighted by Gasteiger charge is -2.33. The molecular formula is C13H17N3O5. The van der Waals surface area contributed by atoms with Gasteiger partial charge in [-0.05, 0) is 12.1 Å². The second kappa shape index (κ2) is 6.06. The van der Waals surface area contributed by atoms with Crippen molar-refractivity contribution in [1.82, 2.24) is 4.90 Å². The minimum Gasteiger partial charge on any atom is -0.364 e. The number of rotatable bonds is 4. The van der Waals surface area contributed by atoms with E-state index in [9.17, 15) is 20.0 Å². The molecule has 0 saturated carbocycles. The minimum atomic E-state index is -1.38. The number of methoxy groups -OCH3 is 1. The van der Waals surface area contributed by atoms with Crippen molar-refractivity contribution in [3.8, 4) is 0 Å². The average Bonchev–Trinajstić information content (AvgIpc) is 2.48. The SMILES string of the molecule is COC(O)c1cc(N2CCN(C)C(=O)C2)ccc1[N+](=O)[O-]. The van der Waals surface area contributed by atoms with Gasteiger partial charge in [0.2, 0.25) is 5.91 Å². The maximum Gasteiger partial charge on any atom is 0.277 e. The summed E-state index contributed by atoms with van der Waals surface area (Å²) in [4.78, 5) is 25.6. The summed E-state index contributed by atoms with van der Waals surface area (Å²) in [7, 11) is 3.00. The number of nitrogens with zero attached hydrogens (tertiary/aromatic N) is 3. The van der Waals surface area contributed by atoms with Crippen molar-refractivity contribution in [2.75, 3.05) is 38.7 Å². The third-order valence-electron chi connectivity index (χ3n) is 3.52. The van der Waals surface area contributed by atoms with Crippen LogP contribution in [0.3, 0.4) is 0 Å². The van der Waals surface area contributed by atoms with Crippen LogP contribution in [-0.2, 0) is 9.53 Å². The van der Waals surface area contributed by atoms with E-state index in [2.05, 4.69) is 0 Å². The number of likely N-dealkylation sites (N-methyl/N-ethyl adjacent to an activating group) is 1. The molecule has 0 bridgehead atoms. The largest absolute Gasteiger partial charge is 0.364 e. The van der Waals surface area contributed by atoms with Crippen molar-refractivity contribution < 1.29 is 19.6 Å². The number of hydrogen-bond donors (Lipinski definition) is 1. The van der Waals surface area contributed by atoms with Crippen molar-refractivity contribution >= 4 is 17.3 Å². The second-order valence-electron chi connectivity index (χ2n) is 4.83. The minimum absolute atomic E-state index is 0.0200. The molecule has 1 atom stereocenters. The van der Waals surface area contributed by atoms with E-state index in [1.165, 1.54) is 19.2 Å². The molecule has 0 aliphatic carbocycles. The number of aliphatic hydroxyl groups excluding tert-OH is 1. The molecule has 1 saturated heterocycles. The van der Waals surface area contributed by atoms with E-state index in [1.54, 1.807) is 18.0 Å². The summed E-state index contributed by atoms with van der Waals surface area (Å²) < 4.78 is 4.76. The van der Waals surface area contributed by atoms with Crippen molar-refractivity contribution in [3.05, 3.63) is 33.9 Å². The van der Waals surface area contributed by atoms with Crippen molar-refractivity contribution in [3.63, 3.8) is 0 Å². The molecular weight excluding hydrogens is 278 g/mol. The van der Waals surface area contributed by atoms with Crippen LogP contribution >= 0.6 is 0 Å². The van der Waals surface area contributed by atoms with Crippen LogP contribution in [0.4, 0.5) is 11.4 Å². The molecule has 1 N–H and O–H groups in total. The number of ether oxygens (including phenoxy) is 1. The smallest absolute Gasteiger partial charge is 0.277 e. The third kappa shape index (κ3) is 3.11. The molecule has 2 rings (SSSR count). The molecule has 0 spiro atoms. The Balaban J connectivity index is 2.33. The number of carbonyl (C=O) groups is 1. The van der Waals surface area contributed by atoms with Gasteiger partial charge in [-0.3, -0.25) is 14.9 Å². The van der Waals surface area contributed by atoms with E-state index >= 15 is 0 Å². The number of benzene rings is 1. The molecule has 1 aromatic carbocycles. The van der Waals surface area contributed by atoms with Crippen molar-refractivity contribution in [2.45, 2.75) is 6.29 Å². The van der Waals surface area contributed by atoms with Gasteiger partial charge in [-0.2, -0.15) is 0 Å². The van der Waals surface area contributed by atoms with Gasteiger partial charge < -0.3 is 19.6 Å². The zero-order valence-corrected chi connectivity index (χ0v) is 11.9. The number of amides is 1. The van der Waals surface area contributed by atoms with E-state index in [0.29, 0.717) is 18.8 Å². The number of carbonyl (C=O) groups excluding carboxylic acids is 1. The molecule has 1 unspecified atom stereocenters. The summed E-state index contributed by atoms with van der Waals surface area (Å²) in [5, 5.41) is 20.7. The molecule has 1 aliphatic heterocycles. The lowest BCUT2D eigenvalue weighted by molar-refractivity contribution is -0.386. The zero-order valence-electron chi connectivity index (χ0n) is 11.9. The summed E-state index contributed by atoms with van der Waals surface area (Å²) in [6, 6.07) is 4.38. The highest BCUT2D eigenvalue weighted by Crippen LogP contribution is 2.30. The third-order valence-corrected chi connectivity index (χ3v) is 3.52. The highest BCUT2D eigenvalue weighted by molar-refractivity contribution is 5.82. The predicted molar refractivity (Wildman–Crippen MR) is 74.9 cm³/mol. The standard InChI is InChI=1S/C13H17N3O5/c1-14-5-6-15(8-12(14)17)9-3-4-11(16(19)20)10(7-9)13(18)21-2/h3-4,7,13,18H,5-6,8H2,1-2H3. The Bertz CT molecular complexity index is 563. The number of nitro benzene ring substituents is 1. The average molecular weight is 295 g/mol. The van der Waals surface area contributed by atoms with Crippen molar-refractivity contribution in [2.24, 2.45) is 0 Å². The molecule has 114 valence electrons. The summed E-state index contributed by atoms with van der Waals surface area (Å²) in [5.41, 5.74) is 0.507. The number of piperazine rings is 1. The Morgan fingerprint density at radius 1 is 1.43 bits per heavy atom. The lowest BCUT2D eigenvalue weighted by atomic mass is 10.1. The first-order chi connectivity index (χ1) is 9.93. The zero-order chi connectivity index (χ0) is 15.6. The van der Waals surface area contributed by atoms with Crippen LogP contribution in [0, 0.1) is 10.1 Å². The monoisotopic (exact) mass is 295 g/mol. The van der Waals surface area contributed by atoms with Crippen LogP contribution in [0.15, 0.2) is 18.2 Å². The van der Waals surface area contributed by atoms with Gasteiger partial charge in [0.15, 0.2) is 6.29 Å². The van der Waals surface area contributed by atoms with Gasteiger partial charge in [0.25, 0.3) is 5.69 Å². The van der Waals surface area contributed by atoms with Gasteiger partial charge in [0.05, 0.1) is 17.0 Å². The summed E-state index contributed by atoms with van der Waals surface area (Å²) in [6.45, 7) is 1.41. The predicted octanol–water partition coefficient (Wildman–Crippen LogP) is 0.510. The van der Waals surface area contributed by atoms with E-state index in [-0.39, 0.29) is 23.7 Å². The lowest BCUT2D eigenvalue weighted by Crippen LogP contribution is -2.48.